The van der Waals surface area contributed by atoms with Gasteiger partial charge in [-0.1, -0.05) is 18.1 Å². The van der Waals surface area contributed by atoms with Gasteiger partial charge in [-0.25, -0.2) is 4.79 Å². The molecule has 1 atom stereocenters. The number of anilines is 1. The molecule has 9 heteroatoms. The van der Waals surface area contributed by atoms with Gasteiger partial charge in [0, 0.05) is 50.4 Å². The number of nitrogens with one attached hydrogen (secondary N) is 2. The summed E-state index contributed by atoms with van der Waals surface area (Å²) in [5.41, 5.74) is 1.39. The van der Waals surface area contributed by atoms with Gasteiger partial charge in [-0.2, -0.15) is 4.98 Å². The molecule has 0 radical (unpaired) electrons. The zero-order valence-electron chi connectivity index (χ0n) is 15.1. The number of nitrogens with zero attached hydrogens (tertiary/aromatic N) is 4. The van der Waals surface area contributed by atoms with Gasteiger partial charge in [0.15, 0.2) is 5.82 Å². The minimum Gasteiger partial charge on any atom is -0.353 e. The van der Waals surface area contributed by atoms with Crippen molar-refractivity contribution in [1.29, 1.82) is 0 Å². The molecular formula is C18H22N6O3. The minimum atomic E-state index is -0.268. The predicted molar refractivity (Wildman–Crippen MR) is 98.1 cm³/mol. The van der Waals surface area contributed by atoms with Crippen molar-refractivity contribution in [2.45, 2.75) is 19.4 Å². The molecule has 0 spiro atoms. The highest BCUT2D eigenvalue weighted by Crippen LogP contribution is 2.22. The Morgan fingerprint density at radius 1 is 1.37 bits per heavy atom. The number of benzene rings is 1. The van der Waals surface area contributed by atoms with Gasteiger partial charge in [-0.15, -0.1) is 0 Å². The minimum absolute atomic E-state index is 0.0103. The molecule has 1 aromatic carbocycles. The summed E-state index contributed by atoms with van der Waals surface area (Å²) in [6.07, 6.45) is 0.695. The number of aromatic nitrogens is 2. The Kier molecular flexibility index (Phi) is 4.76. The summed E-state index contributed by atoms with van der Waals surface area (Å²) in [6, 6.07) is 6.80. The molecule has 1 aromatic heterocycles. The molecule has 0 aliphatic carbocycles. The lowest BCUT2D eigenvalue weighted by Gasteiger charge is -2.42. The lowest BCUT2D eigenvalue weighted by atomic mass is 10.1. The highest BCUT2D eigenvalue weighted by atomic mass is 16.5. The smallest absolute Gasteiger partial charge is 0.321 e. The Morgan fingerprint density at radius 2 is 2.26 bits per heavy atom. The van der Waals surface area contributed by atoms with Gasteiger partial charge < -0.3 is 20.1 Å². The van der Waals surface area contributed by atoms with Crippen molar-refractivity contribution < 1.29 is 14.1 Å². The van der Waals surface area contributed by atoms with Crippen LogP contribution in [0.5, 0.6) is 0 Å². The summed E-state index contributed by atoms with van der Waals surface area (Å²) in [5.74, 6) is 1.06. The first-order valence-corrected chi connectivity index (χ1v) is 9.14. The van der Waals surface area contributed by atoms with E-state index in [0.29, 0.717) is 50.0 Å². The molecule has 2 saturated heterocycles. The first-order valence-electron chi connectivity index (χ1n) is 9.14. The number of amides is 3. The maximum absolute atomic E-state index is 12.7. The maximum Gasteiger partial charge on any atom is 0.321 e. The van der Waals surface area contributed by atoms with Crippen LogP contribution in [0, 0.1) is 0 Å². The van der Waals surface area contributed by atoms with Crippen molar-refractivity contribution in [3.05, 3.63) is 30.1 Å². The molecule has 27 heavy (non-hydrogen) atoms. The van der Waals surface area contributed by atoms with Gasteiger partial charge in [0.05, 0.1) is 0 Å². The van der Waals surface area contributed by atoms with E-state index in [-0.39, 0.29) is 18.0 Å². The summed E-state index contributed by atoms with van der Waals surface area (Å²) >= 11 is 0. The zero-order valence-corrected chi connectivity index (χ0v) is 15.1. The Bertz CT molecular complexity index is 851. The monoisotopic (exact) mass is 370 g/mol. The molecule has 2 aliphatic rings. The van der Waals surface area contributed by atoms with E-state index in [9.17, 15) is 9.59 Å². The van der Waals surface area contributed by atoms with Crippen molar-refractivity contribution in [3.8, 4) is 11.5 Å². The molecule has 3 amide bonds. The molecule has 0 saturated carbocycles. The summed E-state index contributed by atoms with van der Waals surface area (Å²) in [6.45, 7) is 5.15. The second-order valence-corrected chi connectivity index (χ2v) is 6.67. The van der Waals surface area contributed by atoms with Crippen LogP contribution in [0.3, 0.4) is 0 Å². The van der Waals surface area contributed by atoms with E-state index in [1.807, 2.05) is 25.1 Å². The van der Waals surface area contributed by atoms with E-state index in [4.69, 9.17) is 4.52 Å². The quantitative estimate of drug-likeness (QED) is 0.834. The number of fused-ring (bicyclic) bond motifs is 1. The number of hydrogen-bond acceptors (Lipinski definition) is 6. The fourth-order valence-corrected chi connectivity index (χ4v) is 3.41. The van der Waals surface area contributed by atoms with E-state index in [0.717, 1.165) is 12.1 Å². The highest BCUT2D eigenvalue weighted by molar-refractivity contribution is 5.91. The Labute approximate surface area is 156 Å². The lowest BCUT2D eigenvalue weighted by molar-refractivity contribution is -0.131. The van der Waals surface area contributed by atoms with Crippen molar-refractivity contribution >= 4 is 17.6 Å². The molecular weight excluding hydrogens is 348 g/mol. The van der Waals surface area contributed by atoms with Crippen LogP contribution >= 0.6 is 0 Å². The van der Waals surface area contributed by atoms with Crippen LogP contribution in [0.1, 0.15) is 12.7 Å². The largest absolute Gasteiger partial charge is 0.353 e. The molecule has 0 unspecified atom stereocenters. The third kappa shape index (κ3) is 3.63. The standard InChI is InChI=1S/C18H22N6O3/c1-2-15-21-17(27-22-15)12-4-3-5-13(10-12)20-18(26)24-9-8-23-7-6-19-16(25)14(23)11-24/h3-5,10,14H,2,6-9,11H2,1H3,(H,19,25)(H,20,26)/t14-/m0/s1. The Balaban J connectivity index is 1.43. The van der Waals surface area contributed by atoms with Crippen LogP contribution in [-0.4, -0.2) is 70.6 Å². The number of piperazine rings is 2. The fraction of sp³-hybridized carbons (Fsp3) is 0.444. The maximum atomic E-state index is 12.7. The van der Waals surface area contributed by atoms with E-state index >= 15 is 0 Å². The Hall–Kier alpha value is -2.94. The number of urea groups is 1. The molecule has 4 rings (SSSR count). The molecule has 3 heterocycles. The number of aryl methyl sites for hydroxylation is 1. The third-order valence-corrected chi connectivity index (χ3v) is 4.92. The molecule has 142 valence electrons. The second-order valence-electron chi connectivity index (χ2n) is 6.67. The second kappa shape index (κ2) is 7.36. The first-order chi connectivity index (χ1) is 13.1. The molecule has 2 fully saturated rings. The van der Waals surface area contributed by atoms with Gasteiger partial charge in [0.2, 0.25) is 5.91 Å². The van der Waals surface area contributed by atoms with Crippen LogP contribution in [0.15, 0.2) is 28.8 Å². The van der Waals surface area contributed by atoms with Crippen LogP contribution in [0.2, 0.25) is 0 Å². The van der Waals surface area contributed by atoms with Crippen molar-refractivity contribution in [3.63, 3.8) is 0 Å². The zero-order chi connectivity index (χ0) is 18.8. The Morgan fingerprint density at radius 3 is 3.07 bits per heavy atom. The van der Waals surface area contributed by atoms with Crippen LogP contribution in [0.4, 0.5) is 10.5 Å². The number of hydrogen-bond donors (Lipinski definition) is 2. The SMILES string of the molecule is CCc1noc(-c2cccc(NC(=O)N3CCN4CCNC(=O)[C@@H]4C3)c2)n1. The van der Waals surface area contributed by atoms with Gasteiger partial charge in [0.25, 0.3) is 5.89 Å². The van der Waals surface area contributed by atoms with Gasteiger partial charge in [0.1, 0.15) is 6.04 Å². The van der Waals surface area contributed by atoms with Gasteiger partial charge in [-0.05, 0) is 18.2 Å². The van der Waals surface area contributed by atoms with Crippen LogP contribution < -0.4 is 10.6 Å². The van der Waals surface area contributed by atoms with E-state index in [1.165, 1.54) is 0 Å². The highest BCUT2D eigenvalue weighted by Gasteiger charge is 2.36. The summed E-state index contributed by atoms with van der Waals surface area (Å²) in [5, 5.41) is 9.66. The topological polar surface area (TPSA) is 104 Å². The number of carbonyl (C=O) groups excluding carboxylic acids is 2. The van der Waals surface area contributed by atoms with Crippen LogP contribution in [0.25, 0.3) is 11.5 Å². The molecule has 2 aliphatic heterocycles. The number of rotatable bonds is 3. The van der Waals surface area contributed by atoms with E-state index in [1.54, 1.807) is 11.0 Å². The molecule has 2 N–H and O–H groups in total. The summed E-state index contributed by atoms with van der Waals surface area (Å²) in [4.78, 5) is 32.8. The summed E-state index contributed by atoms with van der Waals surface area (Å²) < 4.78 is 5.25. The average Bonchev–Trinajstić information content (AvgIpc) is 3.18. The normalized spacial score (nSPS) is 20.1. The van der Waals surface area contributed by atoms with Gasteiger partial charge in [-0.3, -0.25) is 9.69 Å². The molecule has 9 nitrogen and oxygen atoms in total. The third-order valence-electron chi connectivity index (χ3n) is 4.92. The van der Waals surface area contributed by atoms with Crippen molar-refractivity contribution in [1.82, 2.24) is 25.3 Å². The fourth-order valence-electron chi connectivity index (χ4n) is 3.41. The molecule has 0 bridgehead atoms. The summed E-state index contributed by atoms with van der Waals surface area (Å²) in [7, 11) is 0. The van der Waals surface area contributed by atoms with Crippen molar-refractivity contribution in [2.24, 2.45) is 0 Å². The molecule has 2 aromatic rings. The van der Waals surface area contributed by atoms with E-state index < -0.39 is 0 Å². The lowest BCUT2D eigenvalue weighted by Crippen LogP contribution is -2.64. The predicted octanol–water partition coefficient (Wildman–Crippen LogP) is 0.947. The van der Waals surface area contributed by atoms with E-state index in [2.05, 4.69) is 25.7 Å². The van der Waals surface area contributed by atoms with Crippen LogP contribution in [-0.2, 0) is 11.2 Å². The van der Waals surface area contributed by atoms with Gasteiger partial charge >= 0.3 is 6.03 Å². The average molecular weight is 370 g/mol. The van der Waals surface area contributed by atoms with Crippen molar-refractivity contribution in [2.75, 3.05) is 38.0 Å². The number of carbonyl (C=O) groups is 2. The first kappa shape index (κ1) is 17.5.